The zero-order valence-corrected chi connectivity index (χ0v) is 15.9. The quantitative estimate of drug-likeness (QED) is 0.561. The fourth-order valence-electron chi connectivity index (χ4n) is 3.17. The number of nitrogens with one attached hydrogen (secondary N) is 1. The molecule has 0 amide bonds. The molecular formula is C19H20ClNO4S. The molecule has 26 heavy (non-hydrogen) atoms. The SMILES string of the molecule is CS(=O)(=O)O.Clc1ccc2c(c1)C(=C1CCNCC1)c1ccccc1O2. The molecule has 2 aliphatic rings. The van der Waals surface area contributed by atoms with Crippen LogP contribution < -0.4 is 10.1 Å². The lowest BCUT2D eigenvalue weighted by molar-refractivity contribution is 0.473. The minimum Gasteiger partial charge on any atom is -0.456 e. The van der Waals surface area contributed by atoms with Crippen LogP contribution in [0.5, 0.6) is 11.5 Å². The predicted octanol–water partition coefficient (Wildman–Crippen LogP) is 4.14. The van der Waals surface area contributed by atoms with Gasteiger partial charge >= 0.3 is 0 Å². The van der Waals surface area contributed by atoms with Gasteiger partial charge in [0.2, 0.25) is 0 Å². The van der Waals surface area contributed by atoms with Gasteiger partial charge in [-0.3, -0.25) is 4.55 Å². The number of hydrogen-bond donors (Lipinski definition) is 2. The molecule has 1 fully saturated rings. The average Bonchev–Trinajstić information content (AvgIpc) is 2.59. The van der Waals surface area contributed by atoms with Crippen LogP contribution in [0, 0.1) is 0 Å². The molecule has 4 rings (SSSR count). The highest BCUT2D eigenvalue weighted by molar-refractivity contribution is 7.85. The Morgan fingerprint density at radius 2 is 1.65 bits per heavy atom. The summed E-state index contributed by atoms with van der Waals surface area (Å²) in [6.07, 6.45) is 2.87. The van der Waals surface area contributed by atoms with E-state index in [1.165, 1.54) is 16.7 Å². The highest BCUT2D eigenvalue weighted by Gasteiger charge is 2.25. The van der Waals surface area contributed by atoms with Crippen molar-refractivity contribution in [3.63, 3.8) is 0 Å². The van der Waals surface area contributed by atoms with Gasteiger partial charge in [-0.25, -0.2) is 0 Å². The van der Waals surface area contributed by atoms with Crippen molar-refractivity contribution in [1.29, 1.82) is 0 Å². The number of rotatable bonds is 0. The number of halogens is 1. The fraction of sp³-hybridized carbons (Fsp3) is 0.263. The molecule has 0 radical (unpaired) electrons. The first kappa shape index (κ1) is 18.9. The molecule has 0 saturated carbocycles. The summed E-state index contributed by atoms with van der Waals surface area (Å²) in [4.78, 5) is 0. The number of piperidine rings is 1. The number of para-hydroxylation sites is 1. The normalized spacial score (nSPS) is 16.0. The summed E-state index contributed by atoms with van der Waals surface area (Å²) in [5.41, 5.74) is 5.12. The standard InChI is InChI=1S/C18H16ClNO.CH4O3S/c19-13-5-6-17-15(11-13)18(12-7-9-20-10-8-12)14-3-1-2-4-16(14)21-17;1-5(2,3)4/h1-6,11,20H,7-10H2;1H3,(H,2,3,4). The van der Waals surface area contributed by atoms with Crippen molar-refractivity contribution in [2.75, 3.05) is 19.3 Å². The van der Waals surface area contributed by atoms with Crippen molar-refractivity contribution >= 4 is 27.3 Å². The van der Waals surface area contributed by atoms with E-state index in [1.807, 2.05) is 30.3 Å². The molecule has 1 saturated heterocycles. The second-order valence-electron chi connectivity index (χ2n) is 6.20. The van der Waals surface area contributed by atoms with Crippen LogP contribution in [0.4, 0.5) is 0 Å². The monoisotopic (exact) mass is 393 g/mol. The summed E-state index contributed by atoms with van der Waals surface area (Å²) in [5.74, 6) is 1.84. The third-order valence-electron chi connectivity index (χ3n) is 4.15. The van der Waals surface area contributed by atoms with Crippen molar-refractivity contribution in [1.82, 2.24) is 5.32 Å². The maximum absolute atomic E-state index is 9.19. The lowest BCUT2D eigenvalue weighted by atomic mass is 9.86. The Morgan fingerprint density at radius 3 is 2.35 bits per heavy atom. The van der Waals surface area contributed by atoms with Crippen molar-refractivity contribution < 1.29 is 17.7 Å². The summed E-state index contributed by atoms with van der Waals surface area (Å²) >= 11 is 6.22. The van der Waals surface area contributed by atoms with Crippen LogP contribution in [-0.4, -0.2) is 32.3 Å². The van der Waals surface area contributed by atoms with E-state index in [2.05, 4.69) is 17.4 Å². The van der Waals surface area contributed by atoms with Crippen LogP contribution in [0.2, 0.25) is 5.02 Å². The topological polar surface area (TPSA) is 75.6 Å². The van der Waals surface area contributed by atoms with Crippen LogP contribution in [-0.2, 0) is 10.1 Å². The van der Waals surface area contributed by atoms with Gasteiger partial charge in [-0.1, -0.05) is 35.4 Å². The predicted molar refractivity (Wildman–Crippen MR) is 104 cm³/mol. The van der Waals surface area contributed by atoms with E-state index in [0.717, 1.165) is 48.0 Å². The molecule has 2 aromatic rings. The lowest BCUT2D eigenvalue weighted by Gasteiger charge is -2.27. The zero-order chi connectivity index (χ0) is 18.7. The van der Waals surface area contributed by atoms with Gasteiger partial charge in [0.05, 0.1) is 6.26 Å². The molecule has 2 heterocycles. The summed E-state index contributed by atoms with van der Waals surface area (Å²) < 4.78 is 31.9. The molecule has 0 unspecified atom stereocenters. The largest absolute Gasteiger partial charge is 0.456 e. The number of fused-ring (bicyclic) bond motifs is 2. The van der Waals surface area contributed by atoms with E-state index in [0.29, 0.717) is 6.26 Å². The second kappa shape index (κ2) is 7.80. The molecule has 2 N–H and O–H groups in total. The van der Waals surface area contributed by atoms with Crippen LogP contribution in [0.3, 0.4) is 0 Å². The Bertz CT molecular complexity index is 938. The molecule has 0 bridgehead atoms. The van der Waals surface area contributed by atoms with Crippen molar-refractivity contribution in [2.24, 2.45) is 0 Å². The molecule has 2 aromatic carbocycles. The molecule has 0 atom stereocenters. The second-order valence-corrected chi connectivity index (χ2v) is 8.10. The lowest BCUT2D eigenvalue weighted by Crippen LogP contribution is -2.24. The Kier molecular flexibility index (Phi) is 5.67. The molecule has 0 aromatic heterocycles. The molecule has 7 heteroatoms. The first-order chi connectivity index (χ1) is 12.3. The summed E-state index contributed by atoms with van der Waals surface area (Å²) in [7, 11) is -3.67. The van der Waals surface area contributed by atoms with Gasteiger partial charge in [0.15, 0.2) is 0 Å². The van der Waals surface area contributed by atoms with Gasteiger partial charge in [0.1, 0.15) is 11.5 Å². The van der Waals surface area contributed by atoms with Crippen LogP contribution in [0.1, 0.15) is 24.0 Å². The summed E-state index contributed by atoms with van der Waals surface area (Å²) in [6, 6.07) is 14.1. The van der Waals surface area contributed by atoms with Crippen LogP contribution in [0.15, 0.2) is 48.0 Å². The van der Waals surface area contributed by atoms with Crippen molar-refractivity contribution in [2.45, 2.75) is 12.8 Å². The number of benzene rings is 2. The maximum atomic E-state index is 9.19. The summed E-state index contributed by atoms with van der Waals surface area (Å²) in [6.45, 7) is 2.08. The van der Waals surface area contributed by atoms with Gasteiger partial charge in [0, 0.05) is 16.1 Å². The Hall–Kier alpha value is -1.86. The molecule has 0 spiro atoms. The van der Waals surface area contributed by atoms with Crippen LogP contribution in [0.25, 0.3) is 5.57 Å². The molecule has 2 aliphatic heterocycles. The van der Waals surface area contributed by atoms with E-state index < -0.39 is 10.1 Å². The highest BCUT2D eigenvalue weighted by atomic mass is 35.5. The molecule has 0 aliphatic carbocycles. The summed E-state index contributed by atoms with van der Waals surface area (Å²) in [5, 5.41) is 4.18. The van der Waals surface area contributed by atoms with Gasteiger partial charge in [-0.2, -0.15) is 8.42 Å². The van der Waals surface area contributed by atoms with E-state index in [-0.39, 0.29) is 0 Å². The Balaban J connectivity index is 0.000000349. The first-order valence-electron chi connectivity index (χ1n) is 8.25. The van der Waals surface area contributed by atoms with E-state index in [9.17, 15) is 8.42 Å². The van der Waals surface area contributed by atoms with E-state index in [4.69, 9.17) is 20.9 Å². The van der Waals surface area contributed by atoms with Gasteiger partial charge in [0.25, 0.3) is 10.1 Å². The molecule has 5 nitrogen and oxygen atoms in total. The van der Waals surface area contributed by atoms with E-state index in [1.54, 1.807) is 0 Å². The van der Waals surface area contributed by atoms with Crippen LogP contribution >= 0.6 is 11.6 Å². The van der Waals surface area contributed by atoms with Gasteiger partial charge in [-0.15, -0.1) is 0 Å². The third-order valence-corrected chi connectivity index (χ3v) is 4.38. The Morgan fingerprint density at radius 1 is 1.04 bits per heavy atom. The van der Waals surface area contributed by atoms with Crippen molar-refractivity contribution in [3.8, 4) is 11.5 Å². The Labute approximate surface area is 158 Å². The number of hydrogen-bond acceptors (Lipinski definition) is 4. The minimum absolute atomic E-state index is 0.715. The third kappa shape index (κ3) is 4.65. The highest BCUT2D eigenvalue weighted by Crippen LogP contribution is 2.46. The smallest absolute Gasteiger partial charge is 0.261 e. The zero-order valence-electron chi connectivity index (χ0n) is 14.3. The minimum atomic E-state index is -3.67. The van der Waals surface area contributed by atoms with E-state index >= 15 is 0 Å². The van der Waals surface area contributed by atoms with Crippen molar-refractivity contribution in [3.05, 3.63) is 64.2 Å². The molecule has 138 valence electrons. The fourth-order valence-corrected chi connectivity index (χ4v) is 3.34. The number of ether oxygens (including phenoxy) is 1. The maximum Gasteiger partial charge on any atom is 0.261 e. The van der Waals surface area contributed by atoms with Gasteiger partial charge in [-0.05, 0) is 55.8 Å². The molecular weight excluding hydrogens is 374 g/mol. The first-order valence-corrected chi connectivity index (χ1v) is 10.5. The average molecular weight is 394 g/mol. The van der Waals surface area contributed by atoms with Gasteiger partial charge < -0.3 is 10.1 Å².